The second-order valence-corrected chi connectivity index (χ2v) is 15.7. The van der Waals surface area contributed by atoms with Gasteiger partial charge in [0.25, 0.3) is 27.7 Å². The molecule has 5 aromatic rings. The number of imidazole rings is 1. The van der Waals surface area contributed by atoms with Gasteiger partial charge in [0.05, 0.1) is 10.5 Å². The van der Waals surface area contributed by atoms with Crippen molar-refractivity contribution in [1.29, 1.82) is 0 Å². The maximum atomic E-state index is 14.6. The lowest BCUT2D eigenvalue weighted by Crippen LogP contribution is -2.36. The summed E-state index contributed by atoms with van der Waals surface area (Å²) >= 11 is 0. The predicted octanol–water partition coefficient (Wildman–Crippen LogP) is 6.67. The zero-order chi connectivity index (χ0) is 39.0. The molecule has 0 aliphatic carbocycles. The van der Waals surface area contributed by atoms with E-state index < -0.39 is 15.9 Å². The van der Waals surface area contributed by atoms with E-state index >= 15 is 0 Å². The first kappa shape index (κ1) is 39.4. The average molecular weight is 763 g/mol. The second-order valence-electron chi connectivity index (χ2n) is 14.0. The largest absolute Gasteiger partial charge is 0.337 e. The van der Waals surface area contributed by atoms with E-state index in [-0.39, 0.29) is 27.8 Å². The number of nitrogens with zero attached hydrogens (tertiary/aromatic N) is 4. The number of amides is 3. The lowest BCUT2D eigenvalue weighted by molar-refractivity contribution is 0.0732. The minimum absolute atomic E-state index is 0.00349. The van der Waals surface area contributed by atoms with Gasteiger partial charge >= 0.3 is 0 Å². The SMILES string of the molecule is CCCCN(CCCC)C(=O)c1cn(CCCNC)c(-c2ccc(C(=O)NS(=O)(=O)c3ccc4ccccc4c3)cc2C(=O)N2CCc3ccccc3C2)n1. The Kier molecular flexibility index (Phi) is 12.8. The minimum atomic E-state index is -4.26. The Balaban J connectivity index is 1.40. The van der Waals surface area contributed by atoms with Crippen LogP contribution >= 0.6 is 0 Å². The number of aromatic nitrogens is 2. The van der Waals surface area contributed by atoms with E-state index in [0.717, 1.165) is 55.0 Å². The highest BCUT2D eigenvalue weighted by Crippen LogP contribution is 2.30. The Hall–Kier alpha value is -5.33. The van der Waals surface area contributed by atoms with Crippen LogP contribution in [0.25, 0.3) is 22.2 Å². The van der Waals surface area contributed by atoms with Crippen molar-refractivity contribution < 1.29 is 22.8 Å². The summed E-state index contributed by atoms with van der Waals surface area (Å²) in [6, 6.07) is 24.7. The van der Waals surface area contributed by atoms with E-state index in [1.165, 1.54) is 29.8 Å². The summed E-state index contributed by atoms with van der Waals surface area (Å²) in [5, 5.41) is 4.76. The smallest absolute Gasteiger partial charge is 0.274 e. The van der Waals surface area contributed by atoms with E-state index in [0.29, 0.717) is 56.2 Å². The Morgan fingerprint density at radius 3 is 2.27 bits per heavy atom. The summed E-state index contributed by atoms with van der Waals surface area (Å²) in [6.45, 7) is 7.55. The van der Waals surface area contributed by atoms with Crippen molar-refractivity contribution >= 4 is 38.5 Å². The van der Waals surface area contributed by atoms with E-state index in [1.54, 1.807) is 29.3 Å². The highest BCUT2D eigenvalue weighted by molar-refractivity contribution is 7.90. The molecule has 11 nitrogen and oxygen atoms in total. The lowest BCUT2D eigenvalue weighted by atomic mass is 9.97. The molecule has 0 radical (unpaired) electrons. The normalized spacial score (nSPS) is 12.7. The van der Waals surface area contributed by atoms with Crippen LogP contribution in [0.3, 0.4) is 0 Å². The third-order valence-corrected chi connectivity index (χ3v) is 11.4. The first-order valence-corrected chi connectivity index (χ1v) is 20.7. The Bertz CT molecular complexity index is 2280. The number of unbranched alkanes of at least 4 members (excludes halogenated alkanes) is 2. The molecule has 1 aliphatic rings. The number of rotatable bonds is 16. The van der Waals surface area contributed by atoms with Crippen molar-refractivity contribution in [3.8, 4) is 11.4 Å². The summed E-state index contributed by atoms with van der Waals surface area (Å²) in [5.41, 5.74) is 3.17. The Morgan fingerprint density at radius 1 is 0.836 bits per heavy atom. The fourth-order valence-electron chi connectivity index (χ4n) is 6.98. The molecule has 288 valence electrons. The number of carbonyl (C=O) groups is 3. The van der Waals surface area contributed by atoms with Crippen LogP contribution in [0.5, 0.6) is 0 Å². The molecule has 4 aromatic carbocycles. The molecule has 0 spiro atoms. The first-order valence-electron chi connectivity index (χ1n) is 19.2. The van der Waals surface area contributed by atoms with Gasteiger partial charge in [-0.25, -0.2) is 18.1 Å². The van der Waals surface area contributed by atoms with E-state index in [4.69, 9.17) is 4.98 Å². The molecular weight excluding hydrogens is 713 g/mol. The quantitative estimate of drug-likeness (QED) is 0.107. The Morgan fingerprint density at radius 2 is 1.55 bits per heavy atom. The zero-order valence-electron chi connectivity index (χ0n) is 31.9. The number of sulfonamides is 1. The summed E-state index contributed by atoms with van der Waals surface area (Å²) in [5.74, 6) is -0.914. The first-order chi connectivity index (χ1) is 26.6. The third kappa shape index (κ3) is 9.14. The van der Waals surface area contributed by atoms with Gasteiger partial charge in [-0.15, -0.1) is 0 Å². The molecule has 55 heavy (non-hydrogen) atoms. The molecule has 0 saturated carbocycles. The standard InChI is InChI=1S/C43H50N6O5S/c1-4-6-23-47(24-7-5-2)43(52)39-30-48(25-12-22-44-3)40(45-39)37-20-18-34(28-38(37)42(51)49-26-21-32-14-9-11-16-35(32)29-49)41(50)46-55(53,54)36-19-17-31-13-8-10-15-33(31)27-36/h8-11,13-20,27-28,30,44H,4-7,12,21-26,29H2,1-3H3,(H,46,50). The maximum absolute atomic E-state index is 14.6. The van der Waals surface area contributed by atoms with E-state index in [9.17, 15) is 22.8 Å². The molecule has 2 heterocycles. The minimum Gasteiger partial charge on any atom is -0.337 e. The van der Waals surface area contributed by atoms with Crippen molar-refractivity contribution in [2.75, 3.05) is 33.2 Å². The molecule has 0 saturated heterocycles. The van der Waals surface area contributed by atoms with Crippen LogP contribution in [0.2, 0.25) is 0 Å². The molecule has 12 heteroatoms. The van der Waals surface area contributed by atoms with Crippen LogP contribution in [-0.4, -0.2) is 78.7 Å². The summed E-state index contributed by atoms with van der Waals surface area (Å²) in [6.07, 6.45) is 6.84. The van der Waals surface area contributed by atoms with Crippen LogP contribution in [0.15, 0.2) is 96.0 Å². The number of fused-ring (bicyclic) bond motifs is 2. The van der Waals surface area contributed by atoms with Gasteiger partial charge in [-0.2, -0.15) is 0 Å². The number of benzene rings is 4. The second kappa shape index (κ2) is 17.9. The Labute approximate surface area is 323 Å². The van der Waals surface area contributed by atoms with E-state index in [2.05, 4.69) is 30.0 Å². The van der Waals surface area contributed by atoms with Crippen molar-refractivity contribution in [2.24, 2.45) is 0 Å². The number of carbonyl (C=O) groups excluding carboxylic acids is 3. The van der Waals surface area contributed by atoms with Gasteiger partial charge in [-0.3, -0.25) is 14.4 Å². The van der Waals surface area contributed by atoms with Gasteiger partial charge < -0.3 is 19.7 Å². The molecular formula is C43H50N6O5S. The van der Waals surface area contributed by atoms with Gasteiger partial charge in [0, 0.05) is 50.0 Å². The molecule has 0 atom stereocenters. The molecule has 3 amide bonds. The van der Waals surface area contributed by atoms with Crippen molar-refractivity contribution in [2.45, 2.75) is 70.4 Å². The topological polar surface area (TPSA) is 134 Å². The highest BCUT2D eigenvalue weighted by Gasteiger charge is 2.29. The fourth-order valence-corrected chi connectivity index (χ4v) is 7.99. The molecule has 0 fully saturated rings. The molecule has 2 N–H and O–H groups in total. The van der Waals surface area contributed by atoms with Crippen LogP contribution in [0, 0.1) is 0 Å². The molecule has 0 unspecified atom stereocenters. The number of hydrogen-bond acceptors (Lipinski definition) is 7. The van der Waals surface area contributed by atoms with Crippen molar-refractivity contribution in [3.63, 3.8) is 0 Å². The summed E-state index contributed by atoms with van der Waals surface area (Å²) in [7, 11) is -2.38. The summed E-state index contributed by atoms with van der Waals surface area (Å²) in [4.78, 5) is 50.8. The van der Waals surface area contributed by atoms with Gasteiger partial charge in [-0.1, -0.05) is 81.3 Å². The lowest BCUT2D eigenvalue weighted by Gasteiger charge is -2.29. The molecule has 6 rings (SSSR count). The van der Waals surface area contributed by atoms with Gasteiger partial charge in [0.1, 0.15) is 11.5 Å². The monoisotopic (exact) mass is 762 g/mol. The highest BCUT2D eigenvalue weighted by atomic mass is 32.2. The van der Waals surface area contributed by atoms with Crippen LogP contribution in [-0.2, 0) is 29.5 Å². The molecule has 1 aromatic heterocycles. The fraction of sp³-hybridized carbons (Fsp3) is 0.349. The number of nitrogens with one attached hydrogen (secondary N) is 2. The average Bonchev–Trinajstić information content (AvgIpc) is 3.63. The predicted molar refractivity (Wildman–Crippen MR) is 215 cm³/mol. The molecule has 1 aliphatic heterocycles. The van der Waals surface area contributed by atoms with E-state index in [1.807, 2.05) is 52.9 Å². The van der Waals surface area contributed by atoms with Gasteiger partial charge in [0.15, 0.2) is 0 Å². The summed E-state index contributed by atoms with van der Waals surface area (Å²) < 4.78 is 31.1. The van der Waals surface area contributed by atoms with Crippen LogP contribution < -0.4 is 10.0 Å². The number of aryl methyl sites for hydroxylation is 1. The molecule has 0 bridgehead atoms. The van der Waals surface area contributed by atoms with Crippen molar-refractivity contribution in [1.82, 2.24) is 29.4 Å². The van der Waals surface area contributed by atoms with Gasteiger partial charge in [0.2, 0.25) is 0 Å². The zero-order valence-corrected chi connectivity index (χ0v) is 32.7. The van der Waals surface area contributed by atoms with Crippen LogP contribution in [0.1, 0.15) is 88.3 Å². The van der Waals surface area contributed by atoms with Crippen LogP contribution in [0.4, 0.5) is 0 Å². The van der Waals surface area contributed by atoms with Crippen molar-refractivity contribution in [3.05, 3.63) is 119 Å². The third-order valence-electron chi connectivity index (χ3n) is 10.1. The maximum Gasteiger partial charge on any atom is 0.274 e. The number of hydrogen-bond donors (Lipinski definition) is 2. The van der Waals surface area contributed by atoms with Gasteiger partial charge in [-0.05, 0) is 91.5 Å².